The highest BCUT2D eigenvalue weighted by Gasteiger charge is 2.26. The second-order valence-electron chi connectivity index (χ2n) is 7.33. The number of ether oxygens (including phenoxy) is 1. The molecule has 1 N–H and O–H groups in total. The summed E-state index contributed by atoms with van der Waals surface area (Å²) in [4.78, 5) is 16.0. The number of carbonyl (C=O) groups excluding carboxylic acids is 1. The number of aromatic amines is 1. The van der Waals surface area contributed by atoms with E-state index >= 15 is 0 Å². The number of hydrogen-bond donors (Lipinski definition) is 1. The summed E-state index contributed by atoms with van der Waals surface area (Å²) in [5.41, 5.74) is 0.938. The first-order valence-electron chi connectivity index (χ1n) is 10.0. The zero-order chi connectivity index (χ0) is 20.1. The van der Waals surface area contributed by atoms with Crippen LogP contribution < -0.4 is 9.64 Å². The molecule has 7 heteroatoms. The predicted octanol–water partition coefficient (Wildman–Crippen LogP) is 3.60. The summed E-state index contributed by atoms with van der Waals surface area (Å²) in [7, 11) is 0. The van der Waals surface area contributed by atoms with Crippen molar-refractivity contribution in [2.24, 2.45) is 0 Å². The Balaban J connectivity index is 1.25. The molecule has 1 saturated heterocycles. The molecule has 2 heterocycles. The van der Waals surface area contributed by atoms with Gasteiger partial charge in [-0.1, -0.05) is 12.1 Å². The summed E-state index contributed by atoms with van der Waals surface area (Å²) < 4.78 is 18.6. The number of H-pyrrole nitrogens is 1. The lowest BCUT2D eigenvalue weighted by Gasteiger charge is -2.36. The molecule has 0 atom stereocenters. The fraction of sp³-hybridized carbons (Fsp3) is 0.364. The molecular formula is C22H25FN4O2. The Labute approximate surface area is 169 Å². The maximum Gasteiger partial charge on any atom is 0.215 e. The number of nitrogens with one attached hydrogen (secondary N) is 1. The van der Waals surface area contributed by atoms with E-state index in [4.69, 9.17) is 4.74 Å². The Hall–Kier alpha value is -2.93. The van der Waals surface area contributed by atoms with E-state index in [1.165, 1.54) is 12.1 Å². The monoisotopic (exact) mass is 396 g/mol. The van der Waals surface area contributed by atoms with Gasteiger partial charge in [0.25, 0.3) is 0 Å². The molecule has 0 saturated carbocycles. The number of hydrogen-bond acceptors (Lipinski definition) is 4. The van der Waals surface area contributed by atoms with Crippen LogP contribution in [-0.4, -0.2) is 53.8 Å². The minimum Gasteiger partial charge on any atom is -0.494 e. The van der Waals surface area contributed by atoms with Gasteiger partial charge in [-0.25, -0.2) is 4.39 Å². The van der Waals surface area contributed by atoms with Crippen LogP contribution in [0.3, 0.4) is 0 Å². The molecule has 2 aromatic carbocycles. The van der Waals surface area contributed by atoms with Crippen molar-refractivity contribution >= 4 is 23.1 Å². The van der Waals surface area contributed by atoms with Crippen molar-refractivity contribution in [1.82, 2.24) is 15.1 Å². The second kappa shape index (κ2) is 9.05. The van der Waals surface area contributed by atoms with Gasteiger partial charge in [-0.15, -0.1) is 0 Å². The number of fused-ring (bicyclic) bond motifs is 1. The molecule has 1 aromatic heterocycles. The number of anilines is 1. The number of rotatable bonds is 8. The van der Waals surface area contributed by atoms with Crippen LogP contribution in [0.1, 0.15) is 19.3 Å². The quantitative estimate of drug-likeness (QED) is 0.467. The largest absolute Gasteiger partial charge is 0.494 e. The minimum absolute atomic E-state index is 0.158. The first kappa shape index (κ1) is 19.4. The van der Waals surface area contributed by atoms with Crippen LogP contribution in [0.5, 0.6) is 5.75 Å². The van der Waals surface area contributed by atoms with Crippen molar-refractivity contribution in [1.29, 1.82) is 0 Å². The summed E-state index contributed by atoms with van der Waals surface area (Å²) in [5, 5.41) is 8.35. The first-order valence-corrected chi connectivity index (χ1v) is 10.0. The van der Waals surface area contributed by atoms with E-state index in [0.717, 1.165) is 56.2 Å². The highest BCUT2D eigenvalue weighted by atomic mass is 19.1. The minimum atomic E-state index is -0.257. The number of halogens is 1. The number of para-hydroxylation sites is 1. The van der Waals surface area contributed by atoms with Gasteiger partial charge in [0.05, 0.1) is 12.1 Å². The van der Waals surface area contributed by atoms with E-state index in [1.54, 1.807) is 17.0 Å². The summed E-state index contributed by atoms with van der Waals surface area (Å²) in [6, 6.07) is 14.1. The van der Waals surface area contributed by atoms with Gasteiger partial charge in [-0.3, -0.25) is 14.8 Å². The van der Waals surface area contributed by atoms with Crippen LogP contribution in [0.4, 0.5) is 10.2 Å². The zero-order valence-corrected chi connectivity index (χ0v) is 16.3. The number of nitrogens with zero attached hydrogens (tertiary/aromatic N) is 3. The number of likely N-dealkylation sites (tertiary alicyclic amines) is 1. The maximum absolute atomic E-state index is 12.9. The predicted molar refractivity (Wildman–Crippen MR) is 111 cm³/mol. The van der Waals surface area contributed by atoms with E-state index in [0.29, 0.717) is 18.2 Å². The molecule has 6 nitrogen and oxygen atoms in total. The molecule has 4 rings (SSSR count). The standard InChI is InChI=1S/C22H25FN4O2/c23-17-6-8-19(9-7-17)29-15-3-12-26-13-10-18(11-14-26)27(16-28)22-20-4-1-2-5-21(20)24-25-22/h1-2,4-9,16,18H,3,10-15H2,(H,24,25). The lowest BCUT2D eigenvalue weighted by atomic mass is 10.0. The van der Waals surface area contributed by atoms with Crippen molar-refractivity contribution < 1.29 is 13.9 Å². The Morgan fingerprint density at radius 2 is 1.93 bits per heavy atom. The number of aromatic nitrogens is 2. The van der Waals surface area contributed by atoms with Crippen molar-refractivity contribution in [3.05, 3.63) is 54.3 Å². The average molecular weight is 396 g/mol. The van der Waals surface area contributed by atoms with Crippen molar-refractivity contribution in [3.63, 3.8) is 0 Å². The molecule has 0 bridgehead atoms. The maximum atomic E-state index is 12.9. The van der Waals surface area contributed by atoms with Gasteiger partial charge in [0, 0.05) is 31.1 Å². The smallest absolute Gasteiger partial charge is 0.215 e. The van der Waals surface area contributed by atoms with Crippen LogP contribution in [0.2, 0.25) is 0 Å². The first-order chi connectivity index (χ1) is 14.2. The normalized spacial score (nSPS) is 15.5. The molecule has 0 unspecified atom stereocenters. The van der Waals surface area contributed by atoms with Crippen LogP contribution in [0, 0.1) is 5.82 Å². The van der Waals surface area contributed by atoms with Crippen molar-refractivity contribution in [2.75, 3.05) is 31.1 Å². The van der Waals surface area contributed by atoms with E-state index in [-0.39, 0.29) is 11.9 Å². The number of benzene rings is 2. The zero-order valence-electron chi connectivity index (χ0n) is 16.3. The average Bonchev–Trinajstić information content (AvgIpc) is 3.18. The molecule has 0 spiro atoms. The van der Waals surface area contributed by atoms with Crippen LogP contribution in [-0.2, 0) is 4.79 Å². The molecule has 1 amide bonds. The Kier molecular flexibility index (Phi) is 6.05. The Bertz CT molecular complexity index is 935. The third kappa shape index (κ3) is 4.56. The lowest BCUT2D eigenvalue weighted by molar-refractivity contribution is -0.108. The third-order valence-electron chi connectivity index (χ3n) is 5.46. The summed E-state index contributed by atoms with van der Waals surface area (Å²) >= 11 is 0. The third-order valence-corrected chi connectivity index (χ3v) is 5.46. The van der Waals surface area contributed by atoms with Crippen molar-refractivity contribution in [2.45, 2.75) is 25.3 Å². The van der Waals surface area contributed by atoms with Gasteiger partial charge < -0.3 is 9.64 Å². The summed E-state index contributed by atoms with van der Waals surface area (Å²) in [6.45, 7) is 3.42. The van der Waals surface area contributed by atoms with Gasteiger partial charge in [0.2, 0.25) is 6.41 Å². The van der Waals surface area contributed by atoms with E-state index in [1.807, 2.05) is 24.3 Å². The molecule has 1 aliphatic rings. The van der Waals surface area contributed by atoms with Gasteiger partial charge >= 0.3 is 0 Å². The van der Waals surface area contributed by atoms with Gasteiger partial charge in [-0.05, 0) is 55.7 Å². The fourth-order valence-electron chi connectivity index (χ4n) is 3.88. The van der Waals surface area contributed by atoms with E-state index in [2.05, 4.69) is 15.1 Å². The summed E-state index contributed by atoms with van der Waals surface area (Å²) in [5.74, 6) is 1.15. The number of amides is 1. The van der Waals surface area contributed by atoms with Gasteiger partial charge in [0.1, 0.15) is 11.6 Å². The van der Waals surface area contributed by atoms with Gasteiger partial charge in [0.15, 0.2) is 5.82 Å². The molecule has 3 aromatic rings. The molecule has 1 aliphatic heterocycles. The topological polar surface area (TPSA) is 61.5 Å². The van der Waals surface area contributed by atoms with Gasteiger partial charge in [-0.2, -0.15) is 5.10 Å². The van der Waals surface area contributed by atoms with Crippen LogP contribution >= 0.6 is 0 Å². The van der Waals surface area contributed by atoms with Crippen molar-refractivity contribution in [3.8, 4) is 5.75 Å². The highest BCUT2D eigenvalue weighted by Crippen LogP contribution is 2.27. The highest BCUT2D eigenvalue weighted by molar-refractivity contribution is 5.95. The lowest BCUT2D eigenvalue weighted by Crippen LogP contribution is -2.45. The number of carbonyl (C=O) groups is 1. The van der Waals surface area contributed by atoms with E-state index < -0.39 is 0 Å². The molecule has 1 fully saturated rings. The second-order valence-corrected chi connectivity index (χ2v) is 7.33. The molecule has 0 radical (unpaired) electrons. The molecule has 0 aliphatic carbocycles. The number of piperidine rings is 1. The van der Waals surface area contributed by atoms with Crippen LogP contribution in [0.25, 0.3) is 10.9 Å². The Morgan fingerprint density at radius 3 is 2.69 bits per heavy atom. The SMILES string of the molecule is O=CN(c1n[nH]c2ccccc12)C1CCN(CCCOc2ccc(F)cc2)CC1. The van der Waals surface area contributed by atoms with E-state index in [9.17, 15) is 9.18 Å². The molecule has 152 valence electrons. The summed E-state index contributed by atoms with van der Waals surface area (Å²) in [6.07, 6.45) is 3.64. The molecule has 29 heavy (non-hydrogen) atoms. The Morgan fingerprint density at radius 1 is 1.17 bits per heavy atom. The fourth-order valence-corrected chi connectivity index (χ4v) is 3.88. The molecular weight excluding hydrogens is 371 g/mol. The van der Waals surface area contributed by atoms with Crippen LogP contribution in [0.15, 0.2) is 48.5 Å².